The molecule has 9 atom stereocenters. The van der Waals surface area contributed by atoms with Crippen LogP contribution in [-0.4, -0.2) is 146 Å². The molecule has 0 radical (unpaired) electrons. The van der Waals surface area contributed by atoms with Crippen LogP contribution >= 0.6 is 35.3 Å². The van der Waals surface area contributed by atoms with Gasteiger partial charge in [0.2, 0.25) is 0 Å². The molecule has 0 saturated heterocycles. The lowest BCUT2D eigenvalue weighted by Crippen LogP contribution is -2.47. The van der Waals surface area contributed by atoms with Crippen LogP contribution in [0, 0.1) is 52.7 Å². The second kappa shape index (κ2) is 27.7. The highest BCUT2D eigenvalue weighted by Crippen LogP contribution is 2.69. The largest absolute Gasteiger partial charge is 0.468 e. The van der Waals surface area contributed by atoms with Crippen LogP contribution in [-0.2, 0) is 54.6 Å². The van der Waals surface area contributed by atoms with E-state index in [-0.39, 0.29) is 57.6 Å². The third-order valence-corrected chi connectivity index (χ3v) is 24.5. The number of ether oxygens (including phenoxy) is 7. The van der Waals surface area contributed by atoms with Gasteiger partial charge < -0.3 is 44.6 Å². The molecule has 28 heteroatoms. The highest BCUT2D eigenvalue weighted by Gasteiger charge is 2.73. The Morgan fingerprint density at radius 2 is 0.989 bits per heavy atom. The van der Waals surface area contributed by atoms with Crippen LogP contribution in [0.15, 0.2) is 63.5 Å². The van der Waals surface area contributed by atoms with E-state index in [4.69, 9.17) is 54.6 Å². The number of methoxy groups -OCH3 is 3. The fraction of sp³-hybridized carbons (Fsp3) is 0.625. The number of esters is 1. The second-order valence-electron chi connectivity index (χ2n) is 29.2. The zero-order valence-corrected chi connectivity index (χ0v) is 60.5. The first-order valence-electron chi connectivity index (χ1n) is 30.5. The van der Waals surface area contributed by atoms with Crippen molar-refractivity contribution in [2.45, 2.75) is 175 Å². The first-order valence-corrected chi connectivity index (χ1v) is 40.3. The van der Waals surface area contributed by atoms with Gasteiger partial charge in [-0.2, -0.15) is 0 Å². The van der Waals surface area contributed by atoms with E-state index in [1.807, 2.05) is 0 Å². The standard InChI is InChI=1S/C25H36F2N2O5SSi.C25H38F2N2O4SSi.C14H17F2N3OS/c1-23(2,3)34-22(31)29(15-33-12-13-36(6,7)8)21-28-24(4,16-10-9-11-17(26)19(16)27)18-14-25(18,35-21)20(30)32-5;1-23(2,3)33-22(30)29(16-32-12-13-35(6,7)8)21-28-24(4,17-10-9-11-18(26)20(17)27)19-14-25(19,34-21)15-31-5;1-13(8-3-7(17)4-9(15)11(8)16)10-5-14(10,6-20-2)21-12(18)19-13/h9-11,18H,12-15H2,1-8H3;9-11,19H,12-16H2,1-8H3;3-4,10H,5-6,17H2,1-2H3,(H2,18,19)/t18-,24+,25-;19-,24+,25+;10-,13+,14+/m000/s1. The molecule has 3 heterocycles. The van der Waals surface area contributed by atoms with Gasteiger partial charge in [0, 0.05) is 83.7 Å². The van der Waals surface area contributed by atoms with E-state index >= 15 is 4.39 Å². The minimum atomic E-state index is -1.38. The number of nitrogens with zero attached hydrogens (tertiary/aromatic N) is 5. The summed E-state index contributed by atoms with van der Waals surface area (Å²) in [6.45, 7) is 30.9. The molecule has 3 aliphatic heterocycles. The molecule has 92 heavy (non-hydrogen) atoms. The Morgan fingerprint density at radius 3 is 1.41 bits per heavy atom. The monoisotopic (exact) mass is 1380 g/mol. The summed E-state index contributed by atoms with van der Waals surface area (Å²) < 4.78 is 124. The number of aliphatic imine (C=N–C) groups is 3. The number of carbonyl (C=O) groups excluding carboxylic acids is 3. The number of fused-ring (bicyclic) bond motifs is 3. The van der Waals surface area contributed by atoms with Gasteiger partial charge in [-0.1, -0.05) is 98.8 Å². The Morgan fingerprint density at radius 1 is 0.576 bits per heavy atom. The van der Waals surface area contributed by atoms with Gasteiger partial charge in [0.15, 0.2) is 50.4 Å². The van der Waals surface area contributed by atoms with E-state index in [0.29, 0.717) is 49.6 Å². The maximum atomic E-state index is 15.0. The Bertz CT molecular complexity index is 3350. The molecule has 3 saturated carbocycles. The third-order valence-electron chi connectivity index (χ3n) is 16.9. The van der Waals surface area contributed by atoms with E-state index in [1.165, 1.54) is 64.7 Å². The first-order chi connectivity index (χ1) is 42.5. The molecule has 0 aromatic heterocycles. The third kappa shape index (κ3) is 16.7. The van der Waals surface area contributed by atoms with Gasteiger partial charge in [0.1, 0.15) is 29.4 Å². The van der Waals surface area contributed by atoms with E-state index in [0.717, 1.165) is 48.5 Å². The van der Waals surface area contributed by atoms with Crippen molar-refractivity contribution < 1.29 is 73.9 Å². The Labute approximate surface area is 552 Å². The molecule has 3 aromatic rings. The molecular formula is C64H91F6N7O10S3Si2. The second-order valence-corrected chi connectivity index (χ2v) is 44.6. The Hall–Kier alpha value is -4.82. The Kier molecular flexibility index (Phi) is 22.5. The number of benzene rings is 3. The van der Waals surface area contributed by atoms with Crippen molar-refractivity contribution in [3.05, 3.63) is 100 Å². The summed E-state index contributed by atoms with van der Waals surface area (Å²) in [6.07, 6.45) is 0.530. The van der Waals surface area contributed by atoms with E-state index in [9.17, 15) is 36.3 Å². The van der Waals surface area contributed by atoms with Gasteiger partial charge in [-0.05, 0) is 118 Å². The lowest BCUT2D eigenvalue weighted by Gasteiger charge is -2.38. The summed E-state index contributed by atoms with van der Waals surface area (Å²) in [5.74, 6) is -6.74. The summed E-state index contributed by atoms with van der Waals surface area (Å²) in [5.41, 5.74) is 7.25. The number of hydrogen-bond donors (Lipinski definition) is 2. The fourth-order valence-corrected chi connectivity index (χ4v) is 18.0. The zero-order valence-electron chi connectivity index (χ0n) is 56.1. The lowest BCUT2D eigenvalue weighted by molar-refractivity contribution is -0.141. The van der Waals surface area contributed by atoms with Crippen molar-refractivity contribution in [1.82, 2.24) is 9.80 Å². The minimum absolute atomic E-state index is 0.0138. The van der Waals surface area contributed by atoms with Crippen LogP contribution in [0.3, 0.4) is 0 Å². The fourth-order valence-electron chi connectivity index (χ4n) is 11.8. The number of halogens is 6. The maximum Gasteiger partial charge on any atom is 0.418 e. The van der Waals surface area contributed by atoms with Crippen LogP contribution in [0.4, 0.5) is 41.6 Å². The molecule has 0 bridgehead atoms. The van der Waals surface area contributed by atoms with E-state index in [1.54, 1.807) is 82.6 Å². The van der Waals surface area contributed by atoms with Gasteiger partial charge >= 0.3 is 18.2 Å². The molecule has 17 nitrogen and oxygen atoms in total. The number of amidine groups is 3. The van der Waals surface area contributed by atoms with Crippen molar-refractivity contribution in [1.29, 1.82) is 0 Å². The smallest absolute Gasteiger partial charge is 0.418 e. The molecule has 3 aliphatic carbocycles. The van der Waals surface area contributed by atoms with Crippen molar-refractivity contribution in [3.63, 3.8) is 0 Å². The van der Waals surface area contributed by atoms with Crippen LogP contribution in [0.5, 0.6) is 0 Å². The molecule has 0 spiro atoms. The molecule has 3 aromatic carbocycles. The number of amides is 2. The lowest BCUT2D eigenvalue weighted by atomic mass is 9.85. The van der Waals surface area contributed by atoms with Gasteiger partial charge in [-0.3, -0.25) is 19.8 Å². The summed E-state index contributed by atoms with van der Waals surface area (Å²) in [7, 11) is 1.80. The number of anilines is 1. The van der Waals surface area contributed by atoms with Gasteiger partial charge in [-0.25, -0.2) is 45.7 Å². The molecule has 510 valence electrons. The van der Waals surface area contributed by atoms with Crippen molar-refractivity contribution in [2.75, 3.05) is 67.0 Å². The highest BCUT2D eigenvalue weighted by atomic mass is 32.2. The average molecular weight is 1380 g/mol. The number of carbonyl (C=O) groups is 3. The quantitative estimate of drug-likeness (QED) is 0.0231. The van der Waals surface area contributed by atoms with Gasteiger partial charge in [-0.15, -0.1) is 0 Å². The summed E-state index contributed by atoms with van der Waals surface area (Å²) in [5, 5.41) is 0.873. The average Bonchev–Trinajstić information content (AvgIpc) is 1.56. The number of thioether (sulfide) groups is 3. The molecule has 3 fully saturated rings. The SMILES string of the molecule is COC(=O)[C@]12C[C@H]1[C@@](C)(c1cccc(F)c1F)N=C(N(COCC[Si](C)(C)C)C(=O)OC(C)(C)C)S2.COC[C@]12C[C@H]1[C@@](C)(c1cc(N)cc(F)c1F)N=C(N)S2.COC[C@]12C[C@H]1[C@@](C)(c1cccc(F)c1F)N=C(N(COCC[Si](C)(C)C)C(=O)OC(C)(C)C)S2. The summed E-state index contributed by atoms with van der Waals surface area (Å²) in [6, 6.07) is 12.3. The number of nitrogen functional groups attached to an aromatic ring is 1. The molecule has 9 rings (SSSR count). The Balaban J connectivity index is 0.000000202. The maximum absolute atomic E-state index is 15.0. The normalized spacial score (nSPS) is 27.7. The summed E-state index contributed by atoms with van der Waals surface area (Å²) in [4.78, 5) is 56.1. The topological polar surface area (TPSA) is 211 Å². The number of hydrogen-bond acceptors (Lipinski definition) is 18. The van der Waals surface area contributed by atoms with Gasteiger partial charge in [0.05, 0.1) is 46.4 Å². The number of nitrogens with two attached hydrogens (primary N) is 2. The van der Waals surface area contributed by atoms with Crippen LogP contribution in [0.25, 0.3) is 0 Å². The first kappa shape index (κ1) is 74.6. The predicted octanol–water partition coefficient (Wildman–Crippen LogP) is 14.2. The van der Waals surface area contributed by atoms with Crippen LogP contribution < -0.4 is 11.5 Å². The highest BCUT2D eigenvalue weighted by molar-refractivity contribution is 8.16. The molecule has 0 unspecified atom stereocenters. The minimum Gasteiger partial charge on any atom is -0.468 e. The predicted molar refractivity (Wildman–Crippen MR) is 357 cm³/mol. The molecule has 6 aliphatic rings. The molecular weight excluding hydrogens is 1290 g/mol. The van der Waals surface area contributed by atoms with Crippen molar-refractivity contribution >= 4 is 90.8 Å². The van der Waals surface area contributed by atoms with Crippen LogP contribution in [0.2, 0.25) is 51.4 Å². The molecule has 4 N–H and O–H groups in total. The number of rotatable bonds is 18. The molecule has 2 amide bonds. The van der Waals surface area contributed by atoms with Crippen LogP contribution in [0.1, 0.15) is 98.3 Å². The van der Waals surface area contributed by atoms with Crippen molar-refractivity contribution in [2.24, 2.45) is 38.5 Å². The van der Waals surface area contributed by atoms with Gasteiger partial charge in [0.25, 0.3) is 0 Å². The summed E-state index contributed by atoms with van der Waals surface area (Å²) >= 11 is 3.97. The van der Waals surface area contributed by atoms with Crippen molar-refractivity contribution in [3.8, 4) is 0 Å². The zero-order chi connectivity index (χ0) is 68.8. The van der Waals surface area contributed by atoms with E-state index < -0.39 is 112 Å². The van der Waals surface area contributed by atoms with E-state index in [2.05, 4.69) is 44.3 Å².